The van der Waals surface area contributed by atoms with Crippen molar-refractivity contribution in [3.05, 3.63) is 52.8 Å². The lowest BCUT2D eigenvalue weighted by Gasteiger charge is -2.11. The Balaban J connectivity index is 1.82. The smallest absolute Gasteiger partial charge is 0.242 e. The van der Waals surface area contributed by atoms with Gasteiger partial charge in [-0.15, -0.1) is 0 Å². The van der Waals surface area contributed by atoms with Crippen LogP contribution < -0.4 is 5.32 Å². The fraction of sp³-hybridized carbons (Fsp3) is 0.333. The van der Waals surface area contributed by atoms with Crippen molar-refractivity contribution in [1.82, 2.24) is 13.9 Å². The van der Waals surface area contributed by atoms with Crippen LogP contribution in [0.4, 0.5) is 5.69 Å². The van der Waals surface area contributed by atoms with Crippen molar-refractivity contribution in [2.45, 2.75) is 38.1 Å². The number of rotatable bonds is 7. The highest BCUT2D eigenvalue weighted by atomic mass is 35.5. The molecule has 0 saturated heterocycles. The predicted octanol–water partition coefficient (Wildman–Crippen LogP) is 3.84. The van der Waals surface area contributed by atoms with Gasteiger partial charge in [0, 0.05) is 44.2 Å². The van der Waals surface area contributed by atoms with Crippen molar-refractivity contribution in [3.8, 4) is 0 Å². The Bertz CT molecular complexity index is 1200. The molecule has 0 bridgehead atoms. The van der Waals surface area contributed by atoms with Crippen molar-refractivity contribution >= 4 is 44.3 Å². The van der Waals surface area contributed by atoms with E-state index in [9.17, 15) is 13.2 Å². The summed E-state index contributed by atoms with van der Waals surface area (Å²) in [5.41, 5.74) is 3.07. The third-order valence-corrected chi connectivity index (χ3v) is 6.99. The molecule has 9 heteroatoms. The fourth-order valence-electron chi connectivity index (χ4n) is 3.24. The summed E-state index contributed by atoms with van der Waals surface area (Å²) in [4.78, 5) is 17.3. The van der Waals surface area contributed by atoms with E-state index in [0.29, 0.717) is 29.2 Å². The van der Waals surface area contributed by atoms with Crippen LogP contribution in [0.1, 0.15) is 24.7 Å². The number of hydrogen-bond donors (Lipinski definition) is 1. The first kappa shape index (κ1) is 22.3. The van der Waals surface area contributed by atoms with Crippen LogP contribution in [-0.2, 0) is 27.8 Å². The summed E-state index contributed by atoms with van der Waals surface area (Å²) in [5, 5.41) is 3.45. The number of aromatic nitrogens is 2. The number of amides is 1. The lowest BCUT2D eigenvalue weighted by Crippen LogP contribution is -2.22. The van der Waals surface area contributed by atoms with Crippen LogP contribution >= 0.6 is 11.6 Å². The Hall–Kier alpha value is -2.42. The molecule has 0 radical (unpaired) electrons. The third-order valence-electron chi connectivity index (χ3n) is 4.94. The number of fused-ring (bicyclic) bond motifs is 1. The average molecular weight is 449 g/mol. The molecule has 1 aromatic heterocycles. The zero-order chi connectivity index (χ0) is 22.1. The number of nitrogens with zero attached hydrogens (tertiary/aromatic N) is 3. The van der Waals surface area contributed by atoms with Crippen molar-refractivity contribution in [2.24, 2.45) is 0 Å². The van der Waals surface area contributed by atoms with Crippen LogP contribution in [0.5, 0.6) is 0 Å². The van der Waals surface area contributed by atoms with Crippen LogP contribution in [0.2, 0.25) is 5.02 Å². The van der Waals surface area contributed by atoms with E-state index in [-0.39, 0.29) is 17.2 Å². The Labute approximate surface area is 181 Å². The van der Waals surface area contributed by atoms with E-state index in [2.05, 4.69) is 10.3 Å². The standard InChI is InChI=1S/C21H25ClN4O3S/c1-5-26-19-9-8-16(30(28,29)25(3)4)13-18(19)23-20(26)10-11-21(27)24-17-12-15(22)7-6-14(17)2/h6-9,12-13H,5,10-11H2,1-4H3,(H,24,27). The largest absolute Gasteiger partial charge is 0.328 e. The normalized spacial score (nSPS) is 11.9. The van der Waals surface area contributed by atoms with Gasteiger partial charge in [0.15, 0.2) is 0 Å². The summed E-state index contributed by atoms with van der Waals surface area (Å²) in [6, 6.07) is 10.3. The molecular weight excluding hydrogens is 424 g/mol. The second kappa shape index (κ2) is 8.75. The number of aryl methyl sites for hydroxylation is 3. The Kier molecular flexibility index (Phi) is 6.50. The molecule has 160 valence electrons. The maximum atomic E-state index is 12.4. The Morgan fingerprint density at radius 3 is 2.60 bits per heavy atom. The first-order valence-electron chi connectivity index (χ1n) is 9.61. The van der Waals surface area contributed by atoms with Gasteiger partial charge in [0.2, 0.25) is 15.9 Å². The molecule has 0 unspecified atom stereocenters. The number of anilines is 1. The van der Waals surface area contributed by atoms with Gasteiger partial charge < -0.3 is 9.88 Å². The number of hydrogen-bond acceptors (Lipinski definition) is 4. The van der Waals surface area contributed by atoms with Crippen LogP contribution in [0.3, 0.4) is 0 Å². The van der Waals surface area contributed by atoms with E-state index in [1.54, 1.807) is 30.3 Å². The molecule has 0 aliphatic heterocycles. The summed E-state index contributed by atoms with van der Waals surface area (Å²) in [6.45, 7) is 4.56. The first-order chi connectivity index (χ1) is 14.1. The molecule has 0 saturated carbocycles. The van der Waals surface area contributed by atoms with Crippen LogP contribution in [0.15, 0.2) is 41.3 Å². The number of nitrogens with one attached hydrogen (secondary N) is 1. The monoisotopic (exact) mass is 448 g/mol. The number of sulfonamides is 1. The molecular formula is C21H25ClN4O3S. The number of carbonyl (C=O) groups excluding carboxylic acids is 1. The summed E-state index contributed by atoms with van der Waals surface area (Å²) >= 11 is 6.01. The van der Waals surface area contributed by atoms with Gasteiger partial charge >= 0.3 is 0 Å². The molecule has 1 N–H and O–H groups in total. The average Bonchev–Trinajstić information content (AvgIpc) is 3.05. The number of imidazole rings is 1. The van der Waals surface area contributed by atoms with Gasteiger partial charge in [-0.3, -0.25) is 4.79 Å². The van der Waals surface area contributed by atoms with E-state index in [0.717, 1.165) is 16.9 Å². The topological polar surface area (TPSA) is 84.3 Å². The Morgan fingerprint density at radius 2 is 1.93 bits per heavy atom. The van der Waals surface area contributed by atoms with Crippen LogP contribution in [0.25, 0.3) is 11.0 Å². The minimum Gasteiger partial charge on any atom is -0.328 e. The van der Waals surface area contributed by atoms with Gasteiger partial charge in [0.1, 0.15) is 5.82 Å². The summed E-state index contributed by atoms with van der Waals surface area (Å²) < 4.78 is 28.0. The van der Waals surface area contributed by atoms with Crippen molar-refractivity contribution < 1.29 is 13.2 Å². The molecule has 1 amide bonds. The molecule has 1 heterocycles. The molecule has 0 aliphatic rings. The molecule has 30 heavy (non-hydrogen) atoms. The number of carbonyl (C=O) groups is 1. The zero-order valence-electron chi connectivity index (χ0n) is 17.4. The highest BCUT2D eigenvalue weighted by Crippen LogP contribution is 2.23. The predicted molar refractivity (Wildman–Crippen MR) is 119 cm³/mol. The van der Waals surface area contributed by atoms with Gasteiger partial charge in [-0.25, -0.2) is 17.7 Å². The molecule has 0 aliphatic carbocycles. The second-order valence-corrected chi connectivity index (χ2v) is 9.81. The second-order valence-electron chi connectivity index (χ2n) is 7.22. The lowest BCUT2D eigenvalue weighted by atomic mass is 10.2. The fourth-order valence-corrected chi connectivity index (χ4v) is 4.34. The van der Waals surface area contributed by atoms with Gasteiger partial charge in [0.05, 0.1) is 15.9 Å². The number of halogens is 1. The summed E-state index contributed by atoms with van der Waals surface area (Å²) in [5.74, 6) is 0.607. The summed E-state index contributed by atoms with van der Waals surface area (Å²) in [7, 11) is -0.546. The lowest BCUT2D eigenvalue weighted by molar-refractivity contribution is -0.116. The van der Waals surface area contributed by atoms with Gasteiger partial charge in [0.25, 0.3) is 0 Å². The zero-order valence-corrected chi connectivity index (χ0v) is 19.0. The van der Waals surface area contributed by atoms with Crippen LogP contribution in [-0.4, -0.2) is 42.3 Å². The molecule has 0 spiro atoms. The van der Waals surface area contributed by atoms with E-state index in [4.69, 9.17) is 11.6 Å². The third kappa shape index (κ3) is 4.50. The van der Waals surface area contributed by atoms with E-state index >= 15 is 0 Å². The minimum atomic E-state index is -3.54. The van der Waals surface area contributed by atoms with Gasteiger partial charge in [-0.2, -0.15) is 0 Å². The highest BCUT2D eigenvalue weighted by Gasteiger charge is 2.19. The van der Waals surface area contributed by atoms with Crippen molar-refractivity contribution in [1.29, 1.82) is 0 Å². The molecule has 7 nitrogen and oxygen atoms in total. The van der Waals surface area contributed by atoms with Crippen molar-refractivity contribution in [3.63, 3.8) is 0 Å². The Morgan fingerprint density at radius 1 is 1.20 bits per heavy atom. The maximum absolute atomic E-state index is 12.4. The molecule has 2 aromatic carbocycles. The first-order valence-corrected chi connectivity index (χ1v) is 11.4. The van der Waals surface area contributed by atoms with E-state index in [1.165, 1.54) is 18.4 Å². The number of benzene rings is 2. The van der Waals surface area contributed by atoms with Crippen molar-refractivity contribution in [2.75, 3.05) is 19.4 Å². The molecule has 3 aromatic rings. The van der Waals surface area contributed by atoms with Crippen LogP contribution in [0, 0.1) is 6.92 Å². The quantitative estimate of drug-likeness (QED) is 0.595. The molecule has 0 atom stereocenters. The van der Waals surface area contributed by atoms with Gasteiger partial charge in [-0.05, 0) is 49.7 Å². The van der Waals surface area contributed by atoms with Gasteiger partial charge in [-0.1, -0.05) is 17.7 Å². The minimum absolute atomic E-state index is 0.133. The van der Waals surface area contributed by atoms with E-state index in [1.807, 2.05) is 24.5 Å². The summed E-state index contributed by atoms with van der Waals surface area (Å²) in [6.07, 6.45) is 0.682. The molecule has 0 fully saturated rings. The SMILES string of the molecule is CCn1c(CCC(=O)Nc2cc(Cl)ccc2C)nc2cc(S(=O)(=O)N(C)C)ccc21. The highest BCUT2D eigenvalue weighted by molar-refractivity contribution is 7.89. The maximum Gasteiger partial charge on any atom is 0.242 e. The molecule has 3 rings (SSSR count). The van der Waals surface area contributed by atoms with E-state index < -0.39 is 10.0 Å².